The summed E-state index contributed by atoms with van der Waals surface area (Å²) in [5.74, 6) is -1.81. The zero-order chi connectivity index (χ0) is 15.4. The van der Waals surface area contributed by atoms with Crippen LogP contribution in [0.15, 0.2) is 18.2 Å². The average molecular weight is 289 g/mol. The van der Waals surface area contributed by atoms with Crippen molar-refractivity contribution in [1.29, 1.82) is 0 Å². The molecule has 2 atom stereocenters. The number of carbonyl (C=O) groups excluding carboxylic acids is 1. The van der Waals surface area contributed by atoms with E-state index in [1.54, 1.807) is 17.0 Å². The molecule has 1 saturated carbocycles. The van der Waals surface area contributed by atoms with Gasteiger partial charge in [0.25, 0.3) is 0 Å². The standard InChI is InChI=1S/C16H19NO4/c1-16(2)12(13(16)15(20)21)14(19)17-6-5-9-3-4-11(18)7-10(9)8-17/h3-4,7,12-13,18H,5-6,8H2,1-2H3,(H,20,21)/t12-,13+/m1/s1. The van der Waals surface area contributed by atoms with Gasteiger partial charge in [-0.3, -0.25) is 9.59 Å². The number of hydrogen-bond acceptors (Lipinski definition) is 3. The van der Waals surface area contributed by atoms with Crippen LogP contribution in [-0.2, 0) is 22.6 Å². The first-order valence-corrected chi connectivity index (χ1v) is 7.14. The molecule has 2 N–H and O–H groups in total. The van der Waals surface area contributed by atoms with Crippen LogP contribution >= 0.6 is 0 Å². The molecule has 3 rings (SSSR count). The molecule has 0 saturated heterocycles. The van der Waals surface area contributed by atoms with Crippen molar-refractivity contribution >= 4 is 11.9 Å². The fourth-order valence-electron chi connectivity index (χ4n) is 3.49. The fraction of sp³-hybridized carbons (Fsp3) is 0.500. The van der Waals surface area contributed by atoms with Gasteiger partial charge >= 0.3 is 5.97 Å². The second-order valence-corrected chi connectivity index (χ2v) is 6.58. The number of aromatic hydroxyl groups is 1. The van der Waals surface area contributed by atoms with E-state index in [0.717, 1.165) is 17.5 Å². The smallest absolute Gasteiger partial charge is 0.307 e. The number of hydrogen-bond donors (Lipinski definition) is 2. The number of fused-ring (bicyclic) bond motifs is 1. The number of phenolic OH excluding ortho intramolecular Hbond substituents is 1. The number of amides is 1. The maximum Gasteiger partial charge on any atom is 0.307 e. The Morgan fingerprint density at radius 3 is 2.57 bits per heavy atom. The Bertz CT molecular complexity index is 623. The van der Waals surface area contributed by atoms with Crippen molar-refractivity contribution in [2.24, 2.45) is 17.3 Å². The first-order chi connectivity index (χ1) is 9.82. The summed E-state index contributed by atoms with van der Waals surface area (Å²) in [5, 5.41) is 18.7. The molecule has 0 bridgehead atoms. The number of aliphatic carboxylic acids is 1. The SMILES string of the molecule is CC1(C)[C@H](C(=O)O)[C@@H]1C(=O)N1CCc2ccc(O)cc2C1. The molecule has 0 aromatic heterocycles. The van der Waals surface area contributed by atoms with Crippen molar-refractivity contribution < 1.29 is 19.8 Å². The van der Waals surface area contributed by atoms with Crippen molar-refractivity contribution in [3.8, 4) is 5.75 Å². The van der Waals surface area contributed by atoms with Gasteiger partial charge in [0.15, 0.2) is 0 Å². The van der Waals surface area contributed by atoms with Crippen LogP contribution in [0, 0.1) is 17.3 Å². The third kappa shape index (κ3) is 2.17. The van der Waals surface area contributed by atoms with E-state index in [2.05, 4.69) is 0 Å². The summed E-state index contributed by atoms with van der Waals surface area (Å²) in [4.78, 5) is 25.5. The molecular weight excluding hydrogens is 270 g/mol. The Balaban J connectivity index is 1.78. The number of rotatable bonds is 2. The number of carbonyl (C=O) groups is 2. The van der Waals surface area contributed by atoms with Gasteiger partial charge in [-0.2, -0.15) is 0 Å². The monoisotopic (exact) mass is 289 g/mol. The van der Waals surface area contributed by atoms with Crippen molar-refractivity contribution in [1.82, 2.24) is 4.90 Å². The molecule has 0 spiro atoms. The zero-order valence-electron chi connectivity index (χ0n) is 12.2. The van der Waals surface area contributed by atoms with Gasteiger partial charge in [-0.15, -0.1) is 0 Å². The van der Waals surface area contributed by atoms with E-state index in [4.69, 9.17) is 0 Å². The van der Waals surface area contributed by atoms with E-state index < -0.39 is 23.2 Å². The van der Waals surface area contributed by atoms with E-state index >= 15 is 0 Å². The first-order valence-electron chi connectivity index (χ1n) is 7.14. The highest BCUT2D eigenvalue weighted by molar-refractivity contribution is 5.91. The lowest BCUT2D eigenvalue weighted by Gasteiger charge is -2.29. The minimum absolute atomic E-state index is 0.0820. The number of benzene rings is 1. The molecule has 0 unspecified atom stereocenters. The largest absolute Gasteiger partial charge is 0.508 e. The third-order valence-corrected chi connectivity index (χ3v) is 4.87. The number of nitrogens with zero attached hydrogens (tertiary/aromatic N) is 1. The Morgan fingerprint density at radius 1 is 1.24 bits per heavy atom. The second-order valence-electron chi connectivity index (χ2n) is 6.58. The molecule has 2 aliphatic rings. The van der Waals surface area contributed by atoms with Gasteiger partial charge in [-0.25, -0.2) is 0 Å². The summed E-state index contributed by atoms with van der Waals surface area (Å²) >= 11 is 0. The van der Waals surface area contributed by atoms with Gasteiger partial charge in [-0.1, -0.05) is 19.9 Å². The maximum atomic E-state index is 12.6. The molecule has 1 aromatic carbocycles. The first kappa shape index (κ1) is 13.9. The van der Waals surface area contributed by atoms with Crippen LogP contribution in [0.5, 0.6) is 5.75 Å². The summed E-state index contributed by atoms with van der Waals surface area (Å²) < 4.78 is 0. The van der Waals surface area contributed by atoms with Crippen molar-refractivity contribution in [3.05, 3.63) is 29.3 Å². The van der Waals surface area contributed by atoms with Gasteiger partial charge in [0.05, 0.1) is 11.8 Å². The molecule has 21 heavy (non-hydrogen) atoms. The zero-order valence-corrected chi connectivity index (χ0v) is 12.2. The van der Waals surface area contributed by atoms with Gasteiger partial charge in [0.1, 0.15) is 5.75 Å². The normalized spacial score (nSPS) is 26.1. The molecule has 1 fully saturated rings. The minimum atomic E-state index is -0.895. The number of phenols is 1. The highest BCUT2D eigenvalue weighted by Gasteiger charge is 2.66. The van der Waals surface area contributed by atoms with Gasteiger partial charge in [0, 0.05) is 13.1 Å². The Hall–Kier alpha value is -2.04. The summed E-state index contributed by atoms with van der Waals surface area (Å²) in [6, 6.07) is 5.22. The predicted octanol–water partition coefficient (Wildman–Crippen LogP) is 1.63. The van der Waals surface area contributed by atoms with Crippen LogP contribution in [0.2, 0.25) is 0 Å². The molecule has 5 heteroatoms. The fourth-order valence-corrected chi connectivity index (χ4v) is 3.49. The molecule has 1 aliphatic heterocycles. The van der Waals surface area contributed by atoms with Crippen LogP contribution in [0.4, 0.5) is 0 Å². The Labute approximate surface area is 123 Å². The quantitative estimate of drug-likeness (QED) is 0.867. The molecule has 1 amide bonds. The maximum absolute atomic E-state index is 12.6. The number of carboxylic acid groups (broad SMARTS) is 1. The molecular formula is C16H19NO4. The van der Waals surface area contributed by atoms with E-state index in [0.29, 0.717) is 13.1 Å². The Kier molecular flexibility index (Phi) is 2.97. The lowest BCUT2D eigenvalue weighted by molar-refractivity contribution is -0.142. The minimum Gasteiger partial charge on any atom is -0.508 e. The van der Waals surface area contributed by atoms with Crippen LogP contribution in [-0.4, -0.2) is 33.5 Å². The van der Waals surface area contributed by atoms with Crippen LogP contribution < -0.4 is 0 Å². The summed E-state index contributed by atoms with van der Waals surface area (Å²) in [7, 11) is 0. The average Bonchev–Trinajstić information content (AvgIpc) is 3.00. The van der Waals surface area contributed by atoms with Crippen LogP contribution in [0.3, 0.4) is 0 Å². The highest BCUT2D eigenvalue weighted by atomic mass is 16.4. The lowest BCUT2D eigenvalue weighted by atomic mass is 9.98. The van der Waals surface area contributed by atoms with Gasteiger partial charge in [-0.05, 0) is 35.1 Å². The van der Waals surface area contributed by atoms with Crippen molar-refractivity contribution in [3.63, 3.8) is 0 Å². The van der Waals surface area contributed by atoms with E-state index in [1.165, 1.54) is 0 Å². The Morgan fingerprint density at radius 2 is 1.95 bits per heavy atom. The topological polar surface area (TPSA) is 77.8 Å². The summed E-state index contributed by atoms with van der Waals surface area (Å²) in [6.45, 7) is 4.72. The molecule has 1 heterocycles. The lowest BCUT2D eigenvalue weighted by Crippen LogP contribution is -2.38. The van der Waals surface area contributed by atoms with Crippen LogP contribution in [0.1, 0.15) is 25.0 Å². The van der Waals surface area contributed by atoms with Crippen LogP contribution in [0.25, 0.3) is 0 Å². The van der Waals surface area contributed by atoms with E-state index in [9.17, 15) is 19.8 Å². The predicted molar refractivity (Wildman–Crippen MR) is 75.6 cm³/mol. The highest BCUT2D eigenvalue weighted by Crippen LogP contribution is 2.59. The molecule has 112 valence electrons. The third-order valence-electron chi connectivity index (χ3n) is 4.87. The number of carboxylic acids is 1. The van der Waals surface area contributed by atoms with Crippen molar-refractivity contribution in [2.45, 2.75) is 26.8 Å². The molecule has 5 nitrogen and oxygen atoms in total. The summed E-state index contributed by atoms with van der Waals surface area (Å²) in [6.07, 6.45) is 0.742. The van der Waals surface area contributed by atoms with Crippen molar-refractivity contribution in [2.75, 3.05) is 6.54 Å². The summed E-state index contributed by atoms with van der Waals surface area (Å²) in [5.41, 5.74) is 1.61. The van der Waals surface area contributed by atoms with E-state index in [1.807, 2.05) is 19.9 Å². The second kappa shape index (κ2) is 4.48. The van der Waals surface area contributed by atoms with E-state index in [-0.39, 0.29) is 11.7 Å². The molecule has 1 aliphatic carbocycles. The molecule has 0 radical (unpaired) electrons. The molecule has 1 aromatic rings. The van der Waals surface area contributed by atoms with Gasteiger partial charge < -0.3 is 15.1 Å². The van der Waals surface area contributed by atoms with Gasteiger partial charge in [0.2, 0.25) is 5.91 Å².